The molecule has 0 N–H and O–H groups in total. The van der Waals surface area contributed by atoms with E-state index in [4.69, 9.17) is 0 Å². The third-order valence-electron chi connectivity index (χ3n) is 3.74. The van der Waals surface area contributed by atoms with Crippen LogP contribution in [-0.2, 0) is 24.2 Å². The third-order valence-corrected chi connectivity index (χ3v) is 9.45. The van der Waals surface area contributed by atoms with Gasteiger partial charge in [0, 0.05) is 0 Å². The summed E-state index contributed by atoms with van der Waals surface area (Å²) in [4.78, 5) is 5.11. The van der Waals surface area contributed by atoms with Crippen LogP contribution in [0.25, 0.3) is 0 Å². The zero-order valence-corrected chi connectivity index (χ0v) is 16.7. The normalized spacial score (nSPS) is 11.2. The van der Waals surface area contributed by atoms with Crippen LogP contribution in [0.4, 0.5) is 0 Å². The van der Waals surface area contributed by atoms with E-state index >= 15 is 0 Å². The Morgan fingerprint density at radius 2 is 1.00 bits per heavy atom. The van der Waals surface area contributed by atoms with Gasteiger partial charge in [-0.15, -0.1) is 0 Å². The van der Waals surface area contributed by atoms with Crippen molar-refractivity contribution in [2.75, 3.05) is 39.3 Å². The summed E-state index contributed by atoms with van der Waals surface area (Å²) in [6.07, 6.45) is 2.95. The molecule has 0 aliphatic rings. The average molecular weight is 341 g/mol. The number of hydrogen-bond donors (Lipinski definition) is 0. The average Bonchev–Trinajstić information content (AvgIpc) is 2.37. The van der Waals surface area contributed by atoms with Crippen molar-refractivity contribution in [3.8, 4) is 0 Å². The number of rotatable bonds is 12. The Balaban J connectivity index is 3.23. The van der Waals surface area contributed by atoms with E-state index in [9.17, 15) is 0 Å². The summed E-state index contributed by atoms with van der Waals surface area (Å²) in [6, 6.07) is 0. The predicted octanol–water partition coefficient (Wildman–Crippen LogP) is 3.37. The van der Waals surface area contributed by atoms with E-state index in [2.05, 4.69) is 37.5 Å². The van der Waals surface area contributed by atoms with Gasteiger partial charge in [0.25, 0.3) is 0 Å². The first kappa shape index (κ1) is 17.8. The molecule has 2 nitrogen and oxygen atoms in total. The minimum atomic E-state index is -0.362. The molecular weight excluding hydrogens is 309 g/mol. The molecule has 0 saturated heterocycles. The van der Waals surface area contributed by atoms with Crippen molar-refractivity contribution in [1.82, 2.24) is 9.80 Å². The third kappa shape index (κ3) is 10.5. The van der Waals surface area contributed by atoms with Crippen LogP contribution in [0.15, 0.2) is 0 Å². The molecule has 0 aliphatic heterocycles. The second kappa shape index (κ2) is 13.3. The van der Waals surface area contributed by atoms with Gasteiger partial charge in [0.1, 0.15) is 0 Å². The molecule has 0 spiro atoms. The summed E-state index contributed by atoms with van der Waals surface area (Å²) in [7, 11) is 0. The minimum absolute atomic E-state index is 0.362. The summed E-state index contributed by atoms with van der Waals surface area (Å²) in [6.45, 7) is 16.7. The molecule has 0 saturated carbocycles. The summed E-state index contributed by atoms with van der Waals surface area (Å²) in [5.41, 5.74) is 0. The zero-order chi connectivity index (χ0) is 12.9. The van der Waals surface area contributed by atoms with Gasteiger partial charge in [-0.05, 0) is 0 Å². The summed E-state index contributed by atoms with van der Waals surface area (Å²) >= 11 is -0.362. The van der Waals surface area contributed by atoms with Gasteiger partial charge >= 0.3 is 122 Å². The van der Waals surface area contributed by atoms with Crippen molar-refractivity contribution in [2.45, 2.75) is 48.5 Å². The van der Waals surface area contributed by atoms with Crippen LogP contribution >= 0.6 is 0 Å². The molecular formula is C14H32CdN2. The van der Waals surface area contributed by atoms with Crippen LogP contribution in [-0.4, -0.2) is 49.1 Å². The van der Waals surface area contributed by atoms with Crippen molar-refractivity contribution in [3.63, 3.8) is 0 Å². The maximum absolute atomic E-state index is 2.56. The van der Waals surface area contributed by atoms with Gasteiger partial charge in [-0.25, -0.2) is 0 Å². The van der Waals surface area contributed by atoms with Gasteiger partial charge in [0.15, 0.2) is 0 Å². The molecule has 0 radical (unpaired) electrons. The molecule has 17 heavy (non-hydrogen) atoms. The van der Waals surface area contributed by atoms with Crippen molar-refractivity contribution in [3.05, 3.63) is 0 Å². The number of hydrogen-bond acceptors (Lipinski definition) is 2. The molecule has 0 atom stereocenters. The van der Waals surface area contributed by atoms with Gasteiger partial charge in [0.2, 0.25) is 0 Å². The standard InChI is InChI=1S/2C7H16N.Cd/c2*1-4-7-8(5-2)6-3;/h2*1,4-7H2,2-3H3;. The van der Waals surface area contributed by atoms with Gasteiger partial charge in [-0.3, -0.25) is 0 Å². The first-order chi connectivity index (χ1) is 8.28. The van der Waals surface area contributed by atoms with E-state index in [1.807, 2.05) is 0 Å². The Kier molecular flexibility index (Phi) is 13.9. The molecule has 0 unspecified atom stereocenters. The molecule has 0 bridgehead atoms. The SMILES string of the molecule is CCN(CC)CC[CH2][Cd][CH2]CCN(CC)CC. The summed E-state index contributed by atoms with van der Waals surface area (Å²) in [5, 5.41) is 0. The quantitative estimate of drug-likeness (QED) is 0.397. The van der Waals surface area contributed by atoms with E-state index in [0.29, 0.717) is 0 Å². The summed E-state index contributed by atoms with van der Waals surface area (Å²) in [5.74, 6) is 0. The molecule has 0 rings (SSSR count). The molecule has 100 valence electrons. The molecule has 0 amide bonds. The van der Waals surface area contributed by atoms with Crippen LogP contribution in [0.1, 0.15) is 40.5 Å². The van der Waals surface area contributed by atoms with Gasteiger partial charge in [-0.2, -0.15) is 0 Å². The van der Waals surface area contributed by atoms with E-state index < -0.39 is 0 Å². The van der Waals surface area contributed by atoms with Crippen molar-refractivity contribution >= 4 is 0 Å². The second-order valence-corrected chi connectivity index (χ2v) is 10.9. The Labute approximate surface area is 121 Å². The van der Waals surface area contributed by atoms with E-state index in [0.717, 1.165) is 0 Å². The fourth-order valence-corrected chi connectivity index (χ4v) is 6.58. The first-order valence-corrected chi connectivity index (χ1v) is 13.4. The van der Waals surface area contributed by atoms with Crippen molar-refractivity contribution in [1.29, 1.82) is 0 Å². The molecule has 0 fully saturated rings. The van der Waals surface area contributed by atoms with E-state index in [-0.39, 0.29) is 24.2 Å². The van der Waals surface area contributed by atoms with Crippen LogP contribution < -0.4 is 0 Å². The van der Waals surface area contributed by atoms with Gasteiger partial charge in [-0.1, -0.05) is 0 Å². The Morgan fingerprint density at radius 1 is 0.647 bits per heavy atom. The Bertz CT molecular complexity index is 129. The van der Waals surface area contributed by atoms with E-state index in [1.165, 1.54) is 52.1 Å². The molecule has 0 aromatic carbocycles. The fraction of sp³-hybridized carbons (Fsp3) is 1.00. The van der Waals surface area contributed by atoms with Crippen LogP contribution in [0.3, 0.4) is 0 Å². The number of nitrogens with zero attached hydrogens (tertiary/aromatic N) is 2. The van der Waals surface area contributed by atoms with E-state index in [1.54, 1.807) is 7.96 Å². The fourth-order valence-electron chi connectivity index (χ4n) is 2.28. The van der Waals surface area contributed by atoms with Crippen LogP contribution in [0.5, 0.6) is 0 Å². The predicted molar refractivity (Wildman–Crippen MR) is 74.4 cm³/mol. The summed E-state index contributed by atoms with van der Waals surface area (Å²) < 4.78 is 3.24. The van der Waals surface area contributed by atoms with Gasteiger partial charge < -0.3 is 0 Å². The Morgan fingerprint density at radius 3 is 1.29 bits per heavy atom. The molecule has 0 aromatic heterocycles. The Hall–Kier alpha value is 0.842. The topological polar surface area (TPSA) is 6.48 Å². The molecule has 3 heteroatoms. The first-order valence-electron chi connectivity index (χ1n) is 7.73. The van der Waals surface area contributed by atoms with Crippen molar-refractivity contribution < 1.29 is 24.2 Å². The maximum atomic E-state index is 2.56. The molecule has 0 aliphatic carbocycles. The monoisotopic (exact) mass is 342 g/mol. The van der Waals surface area contributed by atoms with Crippen LogP contribution in [0, 0.1) is 0 Å². The van der Waals surface area contributed by atoms with Gasteiger partial charge in [0.05, 0.1) is 0 Å². The van der Waals surface area contributed by atoms with Crippen LogP contribution in [0.2, 0.25) is 7.96 Å². The second-order valence-electron chi connectivity index (χ2n) is 4.82. The zero-order valence-electron chi connectivity index (χ0n) is 12.7. The van der Waals surface area contributed by atoms with Crippen molar-refractivity contribution in [2.24, 2.45) is 0 Å². The molecule has 0 aromatic rings. The molecule has 0 heterocycles.